The summed E-state index contributed by atoms with van der Waals surface area (Å²) in [5.41, 5.74) is 0.0404. The fourth-order valence-electron chi connectivity index (χ4n) is 1.32. The monoisotopic (exact) mass is 491 g/mol. The van der Waals surface area contributed by atoms with E-state index in [1.54, 1.807) is 6.07 Å². The number of benzene rings is 1. The van der Waals surface area contributed by atoms with E-state index in [9.17, 15) is 14.7 Å². The number of aromatic hydroxyl groups is 1. The van der Waals surface area contributed by atoms with Gasteiger partial charge in [0.1, 0.15) is 5.75 Å². The van der Waals surface area contributed by atoms with Crippen LogP contribution in [0.1, 0.15) is 10.4 Å². The second kappa shape index (κ2) is 7.24. The zero-order valence-electron chi connectivity index (χ0n) is 9.81. The van der Waals surface area contributed by atoms with Crippen molar-refractivity contribution < 1.29 is 24.5 Å². The Bertz CT molecular complexity index is 506. The van der Waals surface area contributed by atoms with Crippen LogP contribution in [0.4, 0.5) is 0 Å². The highest BCUT2D eigenvalue weighted by molar-refractivity contribution is 14.1. The molecule has 0 aliphatic carbocycles. The van der Waals surface area contributed by atoms with Crippen molar-refractivity contribution in [3.8, 4) is 5.75 Å². The molecule has 0 saturated heterocycles. The highest BCUT2D eigenvalue weighted by Crippen LogP contribution is 2.26. The third-order valence-electron chi connectivity index (χ3n) is 2.21. The van der Waals surface area contributed by atoms with E-state index in [0.717, 1.165) is 3.57 Å². The number of carbonyl (C=O) groups is 2. The van der Waals surface area contributed by atoms with Crippen LogP contribution >= 0.6 is 45.2 Å². The second-order valence-corrected chi connectivity index (χ2v) is 6.01. The summed E-state index contributed by atoms with van der Waals surface area (Å²) in [6.45, 7) is -0.150. The van der Waals surface area contributed by atoms with Crippen molar-refractivity contribution in [3.05, 3.63) is 24.8 Å². The molecule has 0 aliphatic heterocycles. The Kier molecular flexibility index (Phi) is 6.26. The number of methoxy groups -OCH3 is 1. The molecular weight excluding hydrogens is 480 g/mol. The first kappa shape index (κ1) is 16.4. The number of aliphatic carboxylic acids is 1. The SMILES string of the molecule is COCC(NC(=O)c1cc(I)cc(I)c1O)C(=O)O. The summed E-state index contributed by atoms with van der Waals surface area (Å²) in [4.78, 5) is 22.9. The number of rotatable bonds is 5. The maximum atomic E-state index is 12.0. The summed E-state index contributed by atoms with van der Waals surface area (Å²) in [5.74, 6) is -2.02. The minimum atomic E-state index is -1.20. The predicted molar refractivity (Wildman–Crippen MR) is 84.3 cm³/mol. The molecule has 1 rings (SSSR count). The average Bonchev–Trinajstić information content (AvgIpc) is 2.32. The number of carbonyl (C=O) groups excluding carboxylic acids is 1. The van der Waals surface area contributed by atoms with Crippen LogP contribution in [-0.4, -0.2) is 41.8 Å². The number of ether oxygens (including phenoxy) is 1. The van der Waals surface area contributed by atoms with Crippen molar-refractivity contribution in [2.45, 2.75) is 6.04 Å². The van der Waals surface area contributed by atoms with Crippen LogP contribution < -0.4 is 5.32 Å². The van der Waals surface area contributed by atoms with Gasteiger partial charge in [-0.15, -0.1) is 0 Å². The number of phenolic OH excluding ortho intramolecular Hbond substituents is 1. The molecule has 1 amide bonds. The van der Waals surface area contributed by atoms with Crippen LogP contribution in [-0.2, 0) is 9.53 Å². The van der Waals surface area contributed by atoms with Gasteiger partial charge in [-0.1, -0.05) is 0 Å². The Balaban J connectivity index is 2.97. The molecule has 1 aromatic rings. The Hall–Kier alpha value is -0.620. The average molecular weight is 491 g/mol. The normalized spacial score (nSPS) is 11.9. The minimum absolute atomic E-state index is 0.0404. The van der Waals surface area contributed by atoms with Crippen LogP contribution in [0.2, 0.25) is 0 Å². The molecule has 0 spiro atoms. The van der Waals surface area contributed by atoms with Gasteiger partial charge < -0.3 is 20.3 Å². The zero-order valence-corrected chi connectivity index (χ0v) is 14.1. The van der Waals surface area contributed by atoms with E-state index in [4.69, 9.17) is 9.84 Å². The first-order chi connectivity index (χ1) is 8.86. The van der Waals surface area contributed by atoms with Crippen LogP contribution in [0.5, 0.6) is 5.75 Å². The molecule has 1 unspecified atom stereocenters. The molecule has 3 N–H and O–H groups in total. The summed E-state index contributed by atoms with van der Waals surface area (Å²) < 4.78 is 6.01. The van der Waals surface area contributed by atoms with Gasteiger partial charge in [0.2, 0.25) is 0 Å². The Labute approximate surface area is 136 Å². The number of amides is 1. The standard InChI is InChI=1S/C11H11I2NO5/c1-19-4-8(11(17)18)14-10(16)6-2-5(12)3-7(13)9(6)15/h2-3,8,15H,4H2,1H3,(H,14,16)(H,17,18). The molecular formula is C11H11I2NO5. The summed E-state index contributed by atoms with van der Waals surface area (Å²) in [5, 5.41) is 21.0. The van der Waals surface area contributed by atoms with Gasteiger partial charge in [0.15, 0.2) is 6.04 Å². The summed E-state index contributed by atoms with van der Waals surface area (Å²) in [7, 11) is 1.34. The number of nitrogens with one attached hydrogen (secondary N) is 1. The topological polar surface area (TPSA) is 95.9 Å². The molecule has 0 heterocycles. The zero-order chi connectivity index (χ0) is 14.6. The number of carboxylic acids is 1. The van der Waals surface area contributed by atoms with E-state index in [1.165, 1.54) is 13.2 Å². The molecule has 0 aromatic heterocycles. The van der Waals surface area contributed by atoms with E-state index in [1.807, 2.05) is 45.2 Å². The van der Waals surface area contributed by atoms with E-state index in [0.29, 0.717) is 3.57 Å². The molecule has 1 atom stereocenters. The van der Waals surface area contributed by atoms with Crippen LogP contribution in [0.15, 0.2) is 12.1 Å². The minimum Gasteiger partial charge on any atom is -0.506 e. The third-order valence-corrected chi connectivity index (χ3v) is 3.65. The molecule has 0 radical (unpaired) electrons. The molecule has 104 valence electrons. The number of phenols is 1. The van der Waals surface area contributed by atoms with Gasteiger partial charge in [-0.2, -0.15) is 0 Å². The van der Waals surface area contributed by atoms with Gasteiger partial charge in [0.05, 0.1) is 15.7 Å². The van der Waals surface area contributed by atoms with Crippen molar-refractivity contribution in [1.82, 2.24) is 5.32 Å². The Morgan fingerprint density at radius 1 is 1.42 bits per heavy atom. The van der Waals surface area contributed by atoms with Crippen molar-refractivity contribution in [2.75, 3.05) is 13.7 Å². The highest BCUT2D eigenvalue weighted by atomic mass is 127. The molecule has 0 aliphatic rings. The van der Waals surface area contributed by atoms with E-state index < -0.39 is 17.9 Å². The molecule has 0 fully saturated rings. The summed E-state index contributed by atoms with van der Waals surface area (Å²) >= 11 is 3.90. The Morgan fingerprint density at radius 2 is 2.05 bits per heavy atom. The first-order valence-corrected chi connectivity index (χ1v) is 7.23. The molecule has 19 heavy (non-hydrogen) atoms. The summed E-state index contributed by atoms with van der Waals surface area (Å²) in [6.07, 6.45) is 0. The molecule has 1 aromatic carbocycles. The van der Waals surface area contributed by atoms with E-state index >= 15 is 0 Å². The van der Waals surface area contributed by atoms with E-state index in [-0.39, 0.29) is 17.9 Å². The largest absolute Gasteiger partial charge is 0.506 e. The molecule has 0 bridgehead atoms. The number of carboxylic acid groups (broad SMARTS) is 1. The molecule has 0 saturated carbocycles. The second-order valence-electron chi connectivity index (χ2n) is 3.60. The maximum Gasteiger partial charge on any atom is 0.328 e. The highest BCUT2D eigenvalue weighted by Gasteiger charge is 2.23. The van der Waals surface area contributed by atoms with Gasteiger partial charge in [-0.05, 0) is 57.3 Å². The lowest BCUT2D eigenvalue weighted by Crippen LogP contribution is -2.43. The number of hydrogen-bond donors (Lipinski definition) is 3. The smallest absolute Gasteiger partial charge is 0.328 e. The van der Waals surface area contributed by atoms with Gasteiger partial charge in [-0.25, -0.2) is 4.79 Å². The molecule has 6 nitrogen and oxygen atoms in total. The fourth-order valence-corrected chi connectivity index (χ4v) is 3.16. The van der Waals surface area contributed by atoms with Gasteiger partial charge in [0, 0.05) is 10.7 Å². The van der Waals surface area contributed by atoms with Crippen LogP contribution in [0.25, 0.3) is 0 Å². The Morgan fingerprint density at radius 3 is 2.58 bits per heavy atom. The number of hydrogen-bond acceptors (Lipinski definition) is 4. The molecule has 8 heteroatoms. The predicted octanol–water partition coefficient (Wildman–Crippen LogP) is 1.43. The van der Waals surface area contributed by atoms with Crippen molar-refractivity contribution in [1.29, 1.82) is 0 Å². The first-order valence-electron chi connectivity index (χ1n) is 5.07. The van der Waals surface area contributed by atoms with Gasteiger partial charge in [0.25, 0.3) is 5.91 Å². The summed E-state index contributed by atoms with van der Waals surface area (Å²) in [6, 6.07) is 2.03. The van der Waals surface area contributed by atoms with Gasteiger partial charge in [-0.3, -0.25) is 4.79 Å². The third kappa shape index (κ3) is 4.45. The van der Waals surface area contributed by atoms with Gasteiger partial charge >= 0.3 is 5.97 Å². The van der Waals surface area contributed by atoms with E-state index in [2.05, 4.69) is 5.32 Å². The quantitative estimate of drug-likeness (QED) is 0.543. The lowest BCUT2D eigenvalue weighted by molar-refractivity contribution is -0.140. The van der Waals surface area contributed by atoms with Crippen molar-refractivity contribution >= 4 is 57.1 Å². The fraction of sp³-hybridized carbons (Fsp3) is 0.273. The van der Waals surface area contributed by atoms with Crippen LogP contribution in [0, 0.1) is 7.14 Å². The maximum absolute atomic E-state index is 12.0. The van der Waals surface area contributed by atoms with Crippen molar-refractivity contribution in [3.63, 3.8) is 0 Å². The van der Waals surface area contributed by atoms with Crippen molar-refractivity contribution in [2.24, 2.45) is 0 Å². The van der Waals surface area contributed by atoms with Crippen LogP contribution in [0.3, 0.4) is 0 Å². The number of halogens is 2. The lowest BCUT2D eigenvalue weighted by atomic mass is 10.1. The lowest BCUT2D eigenvalue weighted by Gasteiger charge is -2.14.